The van der Waals surface area contributed by atoms with Gasteiger partial charge < -0.3 is 5.32 Å². The van der Waals surface area contributed by atoms with Gasteiger partial charge in [0.1, 0.15) is 0 Å². The van der Waals surface area contributed by atoms with E-state index in [2.05, 4.69) is 21.3 Å². The fraction of sp³-hybridized carbons (Fsp3) is 0.115. The molecule has 1 aromatic heterocycles. The summed E-state index contributed by atoms with van der Waals surface area (Å²) in [4.78, 5) is 50.0. The van der Waals surface area contributed by atoms with E-state index in [-0.39, 0.29) is 36.7 Å². The van der Waals surface area contributed by atoms with Gasteiger partial charge >= 0.3 is 0 Å². The molecule has 9 nitrogen and oxygen atoms in total. The lowest BCUT2D eigenvalue weighted by atomic mass is 10.1. The molecule has 0 unspecified atom stereocenters. The summed E-state index contributed by atoms with van der Waals surface area (Å²) in [7, 11) is 0. The molecule has 0 aliphatic heterocycles. The topological polar surface area (TPSA) is 122 Å². The molecule has 3 N–H and O–H groups in total. The van der Waals surface area contributed by atoms with Crippen LogP contribution in [0.2, 0.25) is 0 Å². The average Bonchev–Trinajstić information content (AvgIpc) is 2.90. The van der Waals surface area contributed by atoms with Crippen molar-refractivity contribution in [3.63, 3.8) is 0 Å². The standard InChI is InChI=1S/C26H23N5O4/c32-22(15-16-27-24(33)19-11-5-2-6-12-19)28-29-25(34)23-20-13-7-8-14-21(20)26(35)31(30-23)17-18-9-3-1-4-10-18/h1-14H,15-17H2,(H,27,33)(H,28,32)(H,29,34). The molecule has 0 saturated carbocycles. The zero-order valence-corrected chi connectivity index (χ0v) is 18.7. The Morgan fingerprint density at radius 2 is 1.37 bits per heavy atom. The molecule has 1 heterocycles. The van der Waals surface area contributed by atoms with Gasteiger partial charge in [-0.1, -0.05) is 66.7 Å². The van der Waals surface area contributed by atoms with Gasteiger partial charge in [0.25, 0.3) is 17.4 Å². The fourth-order valence-corrected chi connectivity index (χ4v) is 3.50. The van der Waals surface area contributed by atoms with Crippen molar-refractivity contribution < 1.29 is 14.4 Å². The van der Waals surface area contributed by atoms with Gasteiger partial charge in [0.05, 0.1) is 11.9 Å². The number of fused-ring (bicyclic) bond motifs is 1. The predicted octanol–water partition coefficient (Wildman–Crippen LogP) is 2.03. The molecular weight excluding hydrogens is 446 g/mol. The predicted molar refractivity (Wildman–Crippen MR) is 131 cm³/mol. The van der Waals surface area contributed by atoms with Crippen LogP contribution in [0.3, 0.4) is 0 Å². The van der Waals surface area contributed by atoms with Crippen LogP contribution in [0.1, 0.15) is 32.8 Å². The molecule has 0 atom stereocenters. The molecule has 35 heavy (non-hydrogen) atoms. The summed E-state index contributed by atoms with van der Waals surface area (Å²) in [6.45, 7) is 0.289. The first-order chi connectivity index (χ1) is 17.0. The Bertz CT molecular complexity index is 1420. The second kappa shape index (κ2) is 10.9. The van der Waals surface area contributed by atoms with Crippen LogP contribution < -0.4 is 21.7 Å². The molecule has 0 bridgehead atoms. The van der Waals surface area contributed by atoms with Crippen molar-refractivity contribution in [2.45, 2.75) is 13.0 Å². The van der Waals surface area contributed by atoms with Crippen molar-refractivity contribution >= 4 is 28.5 Å². The molecule has 0 fully saturated rings. The maximum absolute atomic E-state index is 12.9. The minimum absolute atomic E-state index is 0.00816. The lowest BCUT2D eigenvalue weighted by Crippen LogP contribution is -2.43. The second-order valence-corrected chi connectivity index (χ2v) is 7.72. The van der Waals surface area contributed by atoms with Gasteiger partial charge in [-0.2, -0.15) is 5.10 Å². The first-order valence-electron chi connectivity index (χ1n) is 11.0. The van der Waals surface area contributed by atoms with Crippen LogP contribution in [0.25, 0.3) is 10.8 Å². The minimum Gasteiger partial charge on any atom is -0.352 e. The molecule has 0 radical (unpaired) electrons. The lowest BCUT2D eigenvalue weighted by molar-refractivity contribution is -0.121. The Morgan fingerprint density at radius 1 is 0.743 bits per heavy atom. The van der Waals surface area contributed by atoms with E-state index in [1.54, 1.807) is 54.6 Å². The first kappa shape index (κ1) is 23.4. The number of carbonyl (C=O) groups excluding carboxylic acids is 3. The van der Waals surface area contributed by atoms with Crippen molar-refractivity contribution in [2.24, 2.45) is 0 Å². The Balaban J connectivity index is 1.41. The van der Waals surface area contributed by atoms with Crippen molar-refractivity contribution in [3.05, 3.63) is 112 Å². The van der Waals surface area contributed by atoms with Crippen LogP contribution in [0.5, 0.6) is 0 Å². The molecule has 4 aromatic rings. The van der Waals surface area contributed by atoms with E-state index in [9.17, 15) is 19.2 Å². The highest BCUT2D eigenvalue weighted by Crippen LogP contribution is 2.13. The Hall–Kier alpha value is -4.79. The molecule has 0 saturated heterocycles. The van der Waals surface area contributed by atoms with Gasteiger partial charge in [0.2, 0.25) is 5.91 Å². The summed E-state index contributed by atoms with van der Waals surface area (Å²) < 4.78 is 1.23. The lowest BCUT2D eigenvalue weighted by Gasteiger charge is -2.12. The molecular formula is C26H23N5O4. The largest absolute Gasteiger partial charge is 0.352 e. The number of nitrogens with zero attached hydrogens (tertiary/aromatic N) is 2. The number of hydrogen-bond acceptors (Lipinski definition) is 5. The minimum atomic E-state index is -0.662. The number of amides is 3. The van der Waals surface area contributed by atoms with Gasteiger partial charge in [0.15, 0.2) is 5.69 Å². The quantitative estimate of drug-likeness (QED) is 0.358. The number of nitrogens with one attached hydrogen (secondary N) is 3. The summed E-state index contributed by atoms with van der Waals surface area (Å²) in [6, 6.07) is 24.6. The van der Waals surface area contributed by atoms with Crippen LogP contribution in [-0.4, -0.2) is 34.0 Å². The van der Waals surface area contributed by atoms with Gasteiger partial charge in [-0.25, -0.2) is 4.68 Å². The van der Waals surface area contributed by atoms with Crippen molar-refractivity contribution in [1.82, 2.24) is 25.9 Å². The van der Waals surface area contributed by atoms with Crippen LogP contribution in [-0.2, 0) is 11.3 Å². The molecule has 3 amide bonds. The third-order valence-corrected chi connectivity index (χ3v) is 5.25. The highest BCUT2D eigenvalue weighted by molar-refractivity contribution is 6.05. The Labute approximate surface area is 200 Å². The van der Waals surface area contributed by atoms with Crippen molar-refractivity contribution in [1.29, 1.82) is 0 Å². The van der Waals surface area contributed by atoms with Crippen LogP contribution >= 0.6 is 0 Å². The van der Waals surface area contributed by atoms with Gasteiger partial charge in [-0.3, -0.25) is 30.0 Å². The third kappa shape index (κ3) is 5.77. The highest BCUT2D eigenvalue weighted by atomic mass is 16.2. The number of carbonyl (C=O) groups is 3. The average molecular weight is 470 g/mol. The zero-order chi connectivity index (χ0) is 24.6. The van der Waals surface area contributed by atoms with Crippen LogP contribution in [0.15, 0.2) is 89.7 Å². The van der Waals surface area contributed by atoms with E-state index in [1.807, 2.05) is 30.3 Å². The monoisotopic (exact) mass is 469 g/mol. The maximum atomic E-state index is 12.9. The zero-order valence-electron chi connectivity index (χ0n) is 18.7. The maximum Gasteiger partial charge on any atom is 0.290 e. The number of rotatable bonds is 7. The molecule has 0 spiro atoms. The van der Waals surface area contributed by atoms with E-state index in [0.717, 1.165) is 5.56 Å². The summed E-state index contributed by atoms with van der Waals surface area (Å²) in [6.07, 6.45) is -0.0411. The summed E-state index contributed by atoms with van der Waals surface area (Å²) >= 11 is 0. The Morgan fingerprint density at radius 3 is 2.09 bits per heavy atom. The molecule has 0 aliphatic rings. The highest BCUT2D eigenvalue weighted by Gasteiger charge is 2.17. The number of aromatic nitrogens is 2. The summed E-state index contributed by atoms with van der Waals surface area (Å²) in [5.41, 5.74) is 5.70. The van der Waals surface area contributed by atoms with Crippen LogP contribution in [0.4, 0.5) is 0 Å². The van der Waals surface area contributed by atoms with E-state index < -0.39 is 11.8 Å². The molecule has 3 aromatic carbocycles. The second-order valence-electron chi connectivity index (χ2n) is 7.72. The van der Waals surface area contributed by atoms with Crippen molar-refractivity contribution in [2.75, 3.05) is 6.54 Å². The van der Waals surface area contributed by atoms with E-state index in [1.165, 1.54) is 4.68 Å². The number of hydrazine groups is 1. The molecule has 9 heteroatoms. The van der Waals surface area contributed by atoms with Gasteiger partial charge in [-0.15, -0.1) is 0 Å². The van der Waals surface area contributed by atoms with E-state index in [4.69, 9.17) is 0 Å². The van der Waals surface area contributed by atoms with E-state index in [0.29, 0.717) is 16.3 Å². The van der Waals surface area contributed by atoms with Gasteiger partial charge in [0, 0.05) is 23.9 Å². The molecule has 0 aliphatic carbocycles. The summed E-state index contributed by atoms with van der Waals surface area (Å²) in [5.74, 6) is -1.45. The third-order valence-electron chi connectivity index (χ3n) is 5.25. The van der Waals surface area contributed by atoms with Crippen molar-refractivity contribution in [3.8, 4) is 0 Å². The number of hydrogen-bond donors (Lipinski definition) is 3. The first-order valence-corrected chi connectivity index (χ1v) is 11.0. The van der Waals surface area contributed by atoms with E-state index >= 15 is 0 Å². The summed E-state index contributed by atoms with van der Waals surface area (Å²) in [5, 5.41) is 7.65. The fourth-order valence-electron chi connectivity index (χ4n) is 3.50. The van der Waals surface area contributed by atoms with Gasteiger partial charge in [-0.05, 0) is 23.8 Å². The number of benzene rings is 3. The molecule has 176 valence electrons. The molecule has 4 rings (SSSR count). The van der Waals surface area contributed by atoms with Crippen LogP contribution in [0, 0.1) is 0 Å². The Kier molecular flexibility index (Phi) is 7.27. The smallest absolute Gasteiger partial charge is 0.290 e. The SMILES string of the molecule is O=C(CCNC(=O)c1ccccc1)NNC(=O)c1nn(Cc2ccccc2)c(=O)c2ccccc12. The normalized spacial score (nSPS) is 10.5.